The standard InChI is InChI=1S/C26H19N/c1-2-9-20(10-3-1)23-12-6-14-25-24(23)13-7-15-26(25)27-22-17-16-19-8-4-5-11-21(19)18-22/h1-18,27H. The first-order valence-corrected chi connectivity index (χ1v) is 9.21. The minimum Gasteiger partial charge on any atom is -0.355 e. The van der Waals surface area contributed by atoms with Gasteiger partial charge in [0.15, 0.2) is 0 Å². The molecule has 0 unspecified atom stereocenters. The quantitative estimate of drug-likeness (QED) is 0.359. The summed E-state index contributed by atoms with van der Waals surface area (Å²) in [6.07, 6.45) is 0. The molecular weight excluding hydrogens is 326 g/mol. The van der Waals surface area contributed by atoms with Crippen LogP contribution in [0.25, 0.3) is 32.7 Å². The molecule has 0 heterocycles. The van der Waals surface area contributed by atoms with E-state index in [2.05, 4.69) is 115 Å². The fourth-order valence-corrected chi connectivity index (χ4v) is 3.71. The molecule has 5 rings (SSSR count). The second-order valence-electron chi connectivity index (χ2n) is 6.76. The number of nitrogens with one attached hydrogen (secondary N) is 1. The van der Waals surface area contributed by atoms with E-state index in [0.717, 1.165) is 11.4 Å². The largest absolute Gasteiger partial charge is 0.355 e. The van der Waals surface area contributed by atoms with Gasteiger partial charge in [-0.05, 0) is 45.5 Å². The molecule has 5 aromatic rings. The summed E-state index contributed by atoms with van der Waals surface area (Å²) in [5.74, 6) is 0. The van der Waals surface area contributed by atoms with E-state index in [1.54, 1.807) is 0 Å². The maximum absolute atomic E-state index is 3.62. The van der Waals surface area contributed by atoms with Crippen molar-refractivity contribution in [1.82, 2.24) is 0 Å². The molecule has 1 heteroatoms. The molecule has 0 amide bonds. The topological polar surface area (TPSA) is 12.0 Å². The van der Waals surface area contributed by atoms with Crippen molar-refractivity contribution in [2.45, 2.75) is 0 Å². The average molecular weight is 345 g/mol. The van der Waals surface area contributed by atoms with Crippen LogP contribution in [0.1, 0.15) is 0 Å². The lowest BCUT2D eigenvalue weighted by Crippen LogP contribution is -1.92. The van der Waals surface area contributed by atoms with Crippen LogP contribution in [0.4, 0.5) is 11.4 Å². The Kier molecular flexibility index (Phi) is 3.84. The highest BCUT2D eigenvalue weighted by atomic mass is 14.9. The maximum Gasteiger partial charge on any atom is 0.0464 e. The predicted octanol–water partition coefficient (Wildman–Crippen LogP) is 7.40. The van der Waals surface area contributed by atoms with Crippen LogP contribution in [-0.2, 0) is 0 Å². The van der Waals surface area contributed by atoms with E-state index in [1.807, 2.05) is 0 Å². The van der Waals surface area contributed by atoms with Gasteiger partial charge in [0.1, 0.15) is 0 Å². The van der Waals surface area contributed by atoms with E-state index in [-0.39, 0.29) is 0 Å². The van der Waals surface area contributed by atoms with Crippen molar-refractivity contribution in [3.8, 4) is 11.1 Å². The molecule has 0 fully saturated rings. The number of anilines is 2. The molecule has 0 bridgehead atoms. The number of hydrogen-bond acceptors (Lipinski definition) is 1. The van der Waals surface area contributed by atoms with Gasteiger partial charge in [-0.25, -0.2) is 0 Å². The molecule has 0 aliphatic rings. The molecule has 0 aromatic heterocycles. The van der Waals surface area contributed by atoms with Gasteiger partial charge in [-0.3, -0.25) is 0 Å². The van der Waals surface area contributed by atoms with Gasteiger partial charge in [-0.2, -0.15) is 0 Å². The fourth-order valence-electron chi connectivity index (χ4n) is 3.71. The zero-order valence-corrected chi connectivity index (χ0v) is 14.9. The van der Waals surface area contributed by atoms with Crippen molar-refractivity contribution in [2.75, 3.05) is 5.32 Å². The van der Waals surface area contributed by atoms with E-state index in [4.69, 9.17) is 0 Å². The lowest BCUT2D eigenvalue weighted by atomic mass is 9.97. The van der Waals surface area contributed by atoms with Crippen molar-refractivity contribution in [3.63, 3.8) is 0 Å². The zero-order valence-electron chi connectivity index (χ0n) is 14.9. The minimum absolute atomic E-state index is 1.10. The number of fused-ring (bicyclic) bond motifs is 2. The van der Waals surface area contributed by atoms with Crippen LogP contribution in [0.2, 0.25) is 0 Å². The van der Waals surface area contributed by atoms with E-state index in [0.29, 0.717) is 0 Å². The lowest BCUT2D eigenvalue weighted by Gasteiger charge is -2.13. The molecule has 0 radical (unpaired) electrons. The normalized spacial score (nSPS) is 11.0. The second kappa shape index (κ2) is 6.62. The van der Waals surface area contributed by atoms with Crippen molar-refractivity contribution >= 4 is 32.9 Å². The number of hydrogen-bond donors (Lipinski definition) is 1. The van der Waals surface area contributed by atoms with Gasteiger partial charge in [0, 0.05) is 16.8 Å². The van der Waals surface area contributed by atoms with Crippen molar-refractivity contribution in [1.29, 1.82) is 0 Å². The van der Waals surface area contributed by atoms with Gasteiger partial charge in [-0.15, -0.1) is 0 Å². The van der Waals surface area contributed by atoms with Crippen LogP contribution in [0.5, 0.6) is 0 Å². The molecule has 0 aliphatic heterocycles. The Morgan fingerprint density at radius 3 is 2.11 bits per heavy atom. The van der Waals surface area contributed by atoms with E-state index in [9.17, 15) is 0 Å². The van der Waals surface area contributed by atoms with Crippen molar-refractivity contribution in [3.05, 3.63) is 109 Å². The molecule has 1 nitrogen and oxygen atoms in total. The highest BCUT2D eigenvalue weighted by molar-refractivity contribution is 6.04. The van der Waals surface area contributed by atoms with Gasteiger partial charge in [0.25, 0.3) is 0 Å². The fraction of sp³-hybridized carbons (Fsp3) is 0. The molecule has 0 atom stereocenters. The molecule has 0 spiro atoms. The molecular formula is C26H19N. The van der Waals surface area contributed by atoms with Crippen LogP contribution in [-0.4, -0.2) is 0 Å². The van der Waals surface area contributed by atoms with E-state index < -0.39 is 0 Å². The lowest BCUT2D eigenvalue weighted by molar-refractivity contribution is 1.59. The molecule has 0 saturated heterocycles. The average Bonchev–Trinajstić information content (AvgIpc) is 2.74. The third-order valence-electron chi connectivity index (χ3n) is 5.04. The van der Waals surface area contributed by atoms with Crippen LogP contribution >= 0.6 is 0 Å². The maximum atomic E-state index is 3.62. The Balaban J connectivity index is 1.61. The van der Waals surface area contributed by atoms with Gasteiger partial charge >= 0.3 is 0 Å². The monoisotopic (exact) mass is 345 g/mol. The van der Waals surface area contributed by atoms with Gasteiger partial charge in [0.2, 0.25) is 0 Å². The van der Waals surface area contributed by atoms with Crippen LogP contribution < -0.4 is 5.32 Å². The number of benzene rings is 5. The number of rotatable bonds is 3. The summed E-state index contributed by atoms with van der Waals surface area (Å²) < 4.78 is 0. The van der Waals surface area contributed by atoms with Gasteiger partial charge in [-0.1, -0.05) is 91.0 Å². The molecule has 0 aliphatic carbocycles. The van der Waals surface area contributed by atoms with Crippen molar-refractivity contribution < 1.29 is 0 Å². The Bertz CT molecular complexity index is 1240. The van der Waals surface area contributed by atoms with Crippen LogP contribution in [0.3, 0.4) is 0 Å². The summed E-state index contributed by atoms with van der Waals surface area (Å²) in [5.41, 5.74) is 4.73. The van der Waals surface area contributed by atoms with E-state index in [1.165, 1.54) is 32.7 Å². The first kappa shape index (κ1) is 15.7. The van der Waals surface area contributed by atoms with Crippen LogP contribution in [0, 0.1) is 0 Å². The van der Waals surface area contributed by atoms with Crippen LogP contribution in [0.15, 0.2) is 109 Å². The molecule has 27 heavy (non-hydrogen) atoms. The summed E-state index contributed by atoms with van der Waals surface area (Å²) in [7, 11) is 0. The summed E-state index contributed by atoms with van der Waals surface area (Å²) in [4.78, 5) is 0. The summed E-state index contributed by atoms with van der Waals surface area (Å²) >= 11 is 0. The highest BCUT2D eigenvalue weighted by Crippen LogP contribution is 2.34. The summed E-state index contributed by atoms with van der Waals surface area (Å²) in [6.45, 7) is 0. The summed E-state index contributed by atoms with van der Waals surface area (Å²) in [5, 5.41) is 8.61. The van der Waals surface area contributed by atoms with Gasteiger partial charge in [0.05, 0.1) is 0 Å². The van der Waals surface area contributed by atoms with E-state index >= 15 is 0 Å². The third kappa shape index (κ3) is 2.94. The molecule has 1 N–H and O–H groups in total. The highest BCUT2D eigenvalue weighted by Gasteiger charge is 2.07. The van der Waals surface area contributed by atoms with Gasteiger partial charge < -0.3 is 5.32 Å². The predicted molar refractivity (Wildman–Crippen MR) is 117 cm³/mol. The third-order valence-corrected chi connectivity index (χ3v) is 5.04. The Hall–Kier alpha value is -3.58. The Morgan fingerprint density at radius 1 is 0.481 bits per heavy atom. The van der Waals surface area contributed by atoms with Crippen molar-refractivity contribution in [2.24, 2.45) is 0 Å². The Labute approximate surface area is 158 Å². The summed E-state index contributed by atoms with van der Waals surface area (Å²) in [6, 6.07) is 38.5. The molecule has 128 valence electrons. The smallest absolute Gasteiger partial charge is 0.0464 e. The molecule has 0 saturated carbocycles. The second-order valence-corrected chi connectivity index (χ2v) is 6.76. The molecule has 5 aromatic carbocycles. The minimum atomic E-state index is 1.10. The Morgan fingerprint density at radius 2 is 1.22 bits per heavy atom. The SMILES string of the molecule is c1ccc(-c2cccc3c(Nc4ccc5ccccc5c4)cccc23)cc1. The first-order valence-electron chi connectivity index (χ1n) is 9.21. The zero-order chi connectivity index (χ0) is 18.1. The first-order chi connectivity index (χ1) is 13.4.